The van der Waals surface area contributed by atoms with Crippen LogP contribution in [0.1, 0.15) is 284 Å². The lowest BCUT2D eigenvalue weighted by atomic mass is 10.0. The number of hydrogen-bond donors (Lipinski definition) is 0. The second-order valence-corrected chi connectivity index (χ2v) is 21.3. The highest BCUT2D eigenvalue weighted by Crippen LogP contribution is 2.16. The molecule has 0 saturated carbocycles. The van der Waals surface area contributed by atoms with Gasteiger partial charge >= 0.3 is 17.9 Å². The average Bonchev–Trinajstić information content (AvgIpc) is 3.46. The van der Waals surface area contributed by atoms with Gasteiger partial charge in [0.2, 0.25) is 0 Å². The summed E-state index contributed by atoms with van der Waals surface area (Å²) in [6, 6.07) is 0. The van der Waals surface area contributed by atoms with Crippen LogP contribution in [0.2, 0.25) is 0 Å². The van der Waals surface area contributed by atoms with Crippen LogP contribution in [0.3, 0.4) is 0 Å². The minimum absolute atomic E-state index is 0.106. The lowest BCUT2D eigenvalue weighted by Crippen LogP contribution is -2.30. The fraction of sp³-hybridized carbons (Fsp3) is 0.635. The van der Waals surface area contributed by atoms with Gasteiger partial charge in [-0.2, -0.15) is 0 Å². The molecule has 0 aromatic rings. The number of hydrogen-bond acceptors (Lipinski definition) is 6. The van der Waals surface area contributed by atoms with Crippen molar-refractivity contribution in [3.8, 4) is 0 Å². The van der Waals surface area contributed by atoms with Crippen LogP contribution in [0.15, 0.2) is 146 Å². The number of carbonyl (C=O) groups is 3. The molecule has 1 atom stereocenters. The zero-order chi connectivity index (χ0) is 57.8. The van der Waals surface area contributed by atoms with Gasteiger partial charge in [-0.15, -0.1) is 0 Å². The first-order valence-corrected chi connectivity index (χ1v) is 32.8. The van der Waals surface area contributed by atoms with E-state index in [-0.39, 0.29) is 37.5 Å². The first-order valence-electron chi connectivity index (χ1n) is 32.8. The summed E-state index contributed by atoms with van der Waals surface area (Å²) >= 11 is 0. The number of allylic oxidation sites excluding steroid dienone is 24. The van der Waals surface area contributed by atoms with Crippen LogP contribution >= 0.6 is 0 Å². The van der Waals surface area contributed by atoms with Crippen LogP contribution in [-0.4, -0.2) is 37.2 Å². The highest BCUT2D eigenvalue weighted by Gasteiger charge is 2.19. The first kappa shape index (κ1) is 75.3. The van der Waals surface area contributed by atoms with Crippen molar-refractivity contribution < 1.29 is 28.6 Å². The average molecular weight is 1110 g/mol. The fourth-order valence-electron chi connectivity index (χ4n) is 8.72. The van der Waals surface area contributed by atoms with Crippen molar-refractivity contribution in [3.05, 3.63) is 146 Å². The molecule has 0 amide bonds. The van der Waals surface area contributed by atoms with Gasteiger partial charge in [-0.1, -0.05) is 282 Å². The van der Waals surface area contributed by atoms with Crippen molar-refractivity contribution in [1.29, 1.82) is 0 Å². The van der Waals surface area contributed by atoms with E-state index in [9.17, 15) is 14.4 Å². The lowest BCUT2D eigenvalue weighted by Gasteiger charge is -2.18. The Kier molecular flexibility index (Phi) is 62.9. The maximum atomic E-state index is 12.8. The van der Waals surface area contributed by atoms with E-state index in [2.05, 4.69) is 167 Å². The Hall–Kier alpha value is -4.71. The third-order valence-corrected chi connectivity index (χ3v) is 13.5. The maximum absolute atomic E-state index is 12.8. The molecule has 80 heavy (non-hydrogen) atoms. The number of esters is 3. The molecule has 0 heterocycles. The van der Waals surface area contributed by atoms with Gasteiger partial charge in [0, 0.05) is 19.3 Å². The van der Waals surface area contributed by atoms with Crippen LogP contribution in [0, 0.1) is 0 Å². The molecule has 0 aromatic heterocycles. The normalized spacial score (nSPS) is 13.1. The van der Waals surface area contributed by atoms with E-state index >= 15 is 0 Å². The number of rotatable bonds is 58. The highest BCUT2D eigenvalue weighted by atomic mass is 16.6. The second kappa shape index (κ2) is 66.8. The van der Waals surface area contributed by atoms with Gasteiger partial charge in [-0.25, -0.2) is 0 Å². The standard InChI is InChI=1S/C74H120O6/c1-4-7-10-13-16-19-22-24-26-28-29-30-31-32-33-34-35-36-37-38-39-40-41-42-43-44-45-47-48-50-52-55-58-61-64-67-73(76)79-70-71(69-78-72(75)66-63-60-57-54-21-18-15-12-9-6-3)80-74(77)68-65-62-59-56-53-51-49-46-27-25-23-20-17-14-11-8-5-2/h7-8,10-12,15-17,19-20,24-27,29-30,32-33,35-36,49,51,56,59,71H,4-6,9,13-14,18,21-23,28,31,34,37-48,50,52-55,57-58,60-70H2,1-3H3/b10-7-,11-8-,15-12-,19-16-,20-17-,26-24-,27-25-,30-29-,33-32-,36-35-,51-49-,59-56-. The molecule has 0 radical (unpaired) electrons. The van der Waals surface area contributed by atoms with E-state index in [1.54, 1.807) is 0 Å². The van der Waals surface area contributed by atoms with Crippen molar-refractivity contribution >= 4 is 17.9 Å². The molecule has 0 aliphatic carbocycles. The molecule has 0 bridgehead atoms. The Bertz CT molecular complexity index is 1750. The Morgan fingerprint density at radius 3 is 0.812 bits per heavy atom. The van der Waals surface area contributed by atoms with Crippen LogP contribution < -0.4 is 0 Å². The van der Waals surface area contributed by atoms with Gasteiger partial charge in [-0.05, 0) is 128 Å². The topological polar surface area (TPSA) is 78.9 Å². The molecule has 0 rings (SSSR count). The molecular formula is C74H120O6. The third-order valence-electron chi connectivity index (χ3n) is 13.5. The predicted octanol–water partition coefficient (Wildman–Crippen LogP) is 22.7. The van der Waals surface area contributed by atoms with E-state index < -0.39 is 6.10 Å². The van der Waals surface area contributed by atoms with E-state index in [0.717, 1.165) is 135 Å². The number of unbranched alkanes of at least 4 members (excludes halogenated alkanes) is 23. The minimum Gasteiger partial charge on any atom is -0.462 e. The molecule has 0 aliphatic heterocycles. The van der Waals surface area contributed by atoms with Crippen LogP contribution in [0.5, 0.6) is 0 Å². The summed E-state index contributed by atoms with van der Waals surface area (Å²) < 4.78 is 16.8. The Morgan fingerprint density at radius 2 is 0.500 bits per heavy atom. The van der Waals surface area contributed by atoms with Crippen LogP contribution in [0.4, 0.5) is 0 Å². The van der Waals surface area contributed by atoms with Gasteiger partial charge in [0.25, 0.3) is 0 Å². The zero-order valence-corrected chi connectivity index (χ0v) is 51.8. The fourth-order valence-corrected chi connectivity index (χ4v) is 8.72. The van der Waals surface area contributed by atoms with E-state index in [1.165, 1.54) is 103 Å². The molecule has 0 spiro atoms. The lowest BCUT2D eigenvalue weighted by molar-refractivity contribution is -0.167. The molecule has 6 nitrogen and oxygen atoms in total. The Morgan fingerprint density at radius 1 is 0.263 bits per heavy atom. The van der Waals surface area contributed by atoms with Gasteiger partial charge < -0.3 is 14.2 Å². The Balaban J connectivity index is 4.17. The summed E-state index contributed by atoms with van der Waals surface area (Å²) in [7, 11) is 0. The van der Waals surface area contributed by atoms with Crippen LogP contribution in [0.25, 0.3) is 0 Å². The molecule has 0 fully saturated rings. The summed E-state index contributed by atoms with van der Waals surface area (Å²) in [6.07, 6.45) is 96.0. The molecule has 0 aliphatic rings. The summed E-state index contributed by atoms with van der Waals surface area (Å²) in [5.41, 5.74) is 0. The molecule has 6 heteroatoms. The minimum atomic E-state index is -0.814. The smallest absolute Gasteiger partial charge is 0.306 e. The second-order valence-electron chi connectivity index (χ2n) is 21.3. The SMILES string of the molecule is CC/C=C\C/C=C\C/C=C\C/C=C\C/C=C\C/C=C\CCCCCCCCCCCCCCCCCCC(=O)OCC(COC(=O)CCCCCCC/C=C\CCC)OC(=O)CCC/C=C\C/C=C\C/C=C\C/C=C\C/C=C\CC. The van der Waals surface area contributed by atoms with Crippen molar-refractivity contribution in [2.24, 2.45) is 0 Å². The van der Waals surface area contributed by atoms with Gasteiger partial charge in [0.1, 0.15) is 13.2 Å². The van der Waals surface area contributed by atoms with Crippen molar-refractivity contribution in [3.63, 3.8) is 0 Å². The highest BCUT2D eigenvalue weighted by molar-refractivity contribution is 5.71. The monoisotopic (exact) mass is 1100 g/mol. The zero-order valence-electron chi connectivity index (χ0n) is 51.8. The maximum Gasteiger partial charge on any atom is 0.306 e. The van der Waals surface area contributed by atoms with Gasteiger partial charge in [0.05, 0.1) is 0 Å². The van der Waals surface area contributed by atoms with Crippen molar-refractivity contribution in [2.45, 2.75) is 290 Å². The molecule has 1 unspecified atom stereocenters. The number of carbonyl (C=O) groups excluding carboxylic acids is 3. The third kappa shape index (κ3) is 64.1. The molecular weight excluding hydrogens is 985 g/mol. The largest absolute Gasteiger partial charge is 0.462 e. The van der Waals surface area contributed by atoms with E-state index in [1.807, 2.05) is 0 Å². The molecule has 0 N–H and O–H groups in total. The predicted molar refractivity (Wildman–Crippen MR) is 348 cm³/mol. The summed E-state index contributed by atoms with van der Waals surface area (Å²) in [6.45, 7) is 6.30. The quantitative estimate of drug-likeness (QED) is 0.0261. The van der Waals surface area contributed by atoms with Gasteiger partial charge in [-0.3, -0.25) is 14.4 Å². The van der Waals surface area contributed by atoms with Crippen molar-refractivity contribution in [1.82, 2.24) is 0 Å². The number of ether oxygens (including phenoxy) is 3. The molecule has 0 saturated heterocycles. The van der Waals surface area contributed by atoms with E-state index in [0.29, 0.717) is 19.3 Å². The molecule has 452 valence electrons. The van der Waals surface area contributed by atoms with Crippen molar-refractivity contribution in [2.75, 3.05) is 13.2 Å². The molecule has 0 aromatic carbocycles. The summed E-state index contributed by atoms with van der Waals surface area (Å²) in [5, 5.41) is 0. The summed E-state index contributed by atoms with van der Waals surface area (Å²) in [5.74, 6) is -0.975. The first-order chi connectivity index (χ1) is 39.5. The van der Waals surface area contributed by atoms with Crippen LogP contribution in [-0.2, 0) is 28.6 Å². The Labute approximate surface area is 493 Å². The summed E-state index contributed by atoms with van der Waals surface area (Å²) in [4.78, 5) is 38.2. The van der Waals surface area contributed by atoms with E-state index in [4.69, 9.17) is 14.2 Å². The van der Waals surface area contributed by atoms with Gasteiger partial charge in [0.15, 0.2) is 6.10 Å².